The van der Waals surface area contributed by atoms with Gasteiger partial charge < -0.3 is 4.74 Å². The molecule has 110 valence electrons. The van der Waals surface area contributed by atoms with Crippen LogP contribution in [0.2, 0.25) is 0 Å². The summed E-state index contributed by atoms with van der Waals surface area (Å²) in [6.07, 6.45) is 6.62. The lowest BCUT2D eigenvalue weighted by molar-refractivity contribution is -0.156. The van der Waals surface area contributed by atoms with Crippen LogP contribution in [0.15, 0.2) is 0 Å². The largest absolute Gasteiger partial charge is 0.460 e. The molecule has 1 aliphatic carbocycles. The van der Waals surface area contributed by atoms with Crippen LogP contribution in [-0.2, 0) is 14.3 Å². The van der Waals surface area contributed by atoms with Gasteiger partial charge in [-0.3, -0.25) is 9.59 Å². The number of ether oxygens (including phenoxy) is 1. The molecule has 0 radical (unpaired) electrons. The van der Waals surface area contributed by atoms with E-state index in [-0.39, 0.29) is 24.1 Å². The van der Waals surface area contributed by atoms with Crippen molar-refractivity contribution in [2.75, 3.05) is 0 Å². The van der Waals surface area contributed by atoms with Gasteiger partial charge in [-0.15, -0.1) is 0 Å². The first kappa shape index (κ1) is 16.2. The molecule has 0 amide bonds. The van der Waals surface area contributed by atoms with Gasteiger partial charge in [0.1, 0.15) is 17.8 Å². The van der Waals surface area contributed by atoms with E-state index >= 15 is 0 Å². The van der Waals surface area contributed by atoms with E-state index in [4.69, 9.17) is 4.74 Å². The molecule has 1 saturated carbocycles. The summed E-state index contributed by atoms with van der Waals surface area (Å²) in [5, 5.41) is 0. The molecule has 0 aromatic rings. The quantitative estimate of drug-likeness (QED) is 0.561. The third kappa shape index (κ3) is 6.22. The maximum absolute atomic E-state index is 12.1. The van der Waals surface area contributed by atoms with Crippen molar-refractivity contribution in [1.82, 2.24) is 0 Å². The number of hydrogen-bond donors (Lipinski definition) is 0. The van der Waals surface area contributed by atoms with E-state index in [2.05, 4.69) is 6.92 Å². The Balaban J connectivity index is 2.33. The van der Waals surface area contributed by atoms with E-state index in [0.29, 0.717) is 0 Å². The Morgan fingerprint density at radius 1 is 1.11 bits per heavy atom. The van der Waals surface area contributed by atoms with Crippen LogP contribution in [0.5, 0.6) is 0 Å². The Labute approximate surface area is 117 Å². The number of hydrogen-bond acceptors (Lipinski definition) is 3. The second-order valence-corrected chi connectivity index (χ2v) is 6.74. The molecular formula is C16H28O3. The van der Waals surface area contributed by atoms with Crippen molar-refractivity contribution < 1.29 is 14.3 Å². The fourth-order valence-electron chi connectivity index (χ4n) is 2.85. The second kappa shape index (κ2) is 7.06. The van der Waals surface area contributed by atoms with Crippen molar-refractivity contribution in [3.63, 3.8) is 0 Å². The maximum atomic E-state index is 12.1. The van der Waals surface area contributed by atoms with Crippen molar-refractivity contribution in [3.8, 4) is 0 Å². The van der Waals surface area contributed by atoms with Crippen LogP contribution in [-0.4, -0.2) is 17.4 Å². The lowest BCUT2D eigenvalue weighted by Gasteiger charge is -2.27. The van der Waals surface area contributed by atoms with Crippen LogP contribution in [0, 0.1) is 11.8 Å². The van der Waals surface area contributed by atoms with E-state index in [1.54, 1.807) is 0 Å². The average molecular weight is 268 g/mol. The summed E-state index contributed by atoms with van der Waals surface area (Å²) in [6.45, 7) is 7.68. The highest BCUT2D eigenvalue weighted by molar-refractivity contribution is 5.96. The minimum atomic E-state index is -0.504. The average Bonchev–Trinajstić information content (AvgIpc) is 2.27. The van der Waals surface area contributed by atoms with Gasteiger partial charge in [-0.1, -0.05) is 19.8 Å². The topological polar surface area (TPSA) is 43.4 Å². The van der Waals surface area contributed by atoms with E-state index in [1.165, 1.54) is 12.8 Å². The molecule has 1 fully saturated rings. The molecule has 0 spiro atoms. The van der Waals surface area contributed by atoms with E-state index in [0.717, 1.165) is 31.6 Å². The predicted octanol–water partition coefficient (Wildman–Crippen LogP) is 3.89. The molecule has 1 aliphatic rings. The van der Waals surface area contributed by atoms with Crippen LogP contribution >= 0.6 is 0 Å². The van der Waals surface area contributed by atoms with Crippen LogP contribution in [0.1, 0.15) is 72.6 Å². The summed E-state index contributed by atoms with van der Waals surface area (Å²) in [7, 11) is 0. The molecule has 0 atom stereocenters. The van der Waals surface area contributed by atoms with Crippen LogP contribution < -0.4 is 0 Å². The summed E-state index contributed by atoms with van der Waals surface area (Å²) in [6, 6.07) is 0. The first-order valence-corrected chi connectivity index (χ1v) is 7.56. The monoisotopic (exact) mass is 268 g/mol. The van der Waals surface area contributed by atoms with Gasteiger partial charge in [-0.05, 0) is 52.4 Å². The van der Waals surface area contributed by atoms with Crippen molar-refractivity contribution in [2.24, 2.45) is 11.8 Å². The fourth-order valence-corrected chi connectivity index (χ4v) is 2.85. The van der Waals surface area contributed by atoms with E-state index in [1.807, 2.05) is 20.8 Å². The van der Waals surface area contributed by atoms with Crippen molar-refractivity contribution in [1.29, 1.82) is 0 Å². The fraction of sp³-hybridized carbons (Fsp3) is 0.875. The third-order valence-electron chi connectivity index (χ3n) is 3.74. The zero-order valence-corrected chi connectivity index (χ0v) is 12.8. The highest BCUT2D eigenvalue weighted by Gasteiger charge is 2.28. The molecule has 0 N–H and O–H groups in total. The number of carbonyl (C=O) groups excluding carboxylic acids is 2. The van der Waals surface area contributed by atoms with Gasteiger partial charge in [-0.25, -0.2) is 0 Å². The van der Waals surface area contributed by atoms with Gasteiger partial charge >= 0.3 is 5.97 Å². The zero-order valence-electron chi connectivity index (χ0n) is 12.8. The van der Waals surface area contributed by atoms with E-state index in [9.17, 15) is 9.59 Å². The SMILES string of the molecule is CCCC1CCC(C(=O)CC(=O)OC(C)(C)C)CC1. The number of esters is 1. The van der Waals surface area contributed by atoms with Gasteiger partial charge in [0.05, 0.1) is 0 Å². The highest BCUT2D eigenvalue weighted by Crippen LogP contribution is 2.32. The normalized spacial score (nSPS) is 24.0. The minimum Gasteiger partial charge on any atom is -0.460 e. The molecule has 3 heteroatoms. The van der Waals surface area contributed by atoms with Crippen LogP contribution in [0.25, 0.3) is 0 Å². The molecule has 0 bridgehead atoms. The van der Waals surface area contributed by atoms with Crippen molar-refractivity contribution in [2.45, 2.75) is 78.2 Å². The van der Waals surface area contributed by atoms with Crippen molar-refractivity contribution in [3.05, 3.63) is 0 Å². The van der Waals surface area contributed by atoms with Crippen LogP contribution in [0.4, 0.5) is 0 Å². The van der Waals surface area contributed by atoms with E-state index < -0.39 is 5.60 Å². The standard InChI is InChI=1S/C16H28O3/c1-5-6-12-7-9-13(10-8-12)14(17)11-15(18)19-16(2,3)4/h12-13H,5-11H2,1-4H3. The lowest BCUT2D eigenvalue weighted by atomic mass is 9.78. The van der Waals surface area contributed by atoms with Crippen LogP contribution in [0.3, 0.4) is 0 Å². The third-order valence-corrected chi connectivity index (χ3v) is 3.74. The summed E-state index contributed by atoms with van der Waals surface area (Å²) in [4.78, 5) is 23.7. The Hall–Kier alpha value is -0.860. The van der Waals surface area contributed by atoms with Gasteiger partial charge in [-0.2, -0.15) is 0 Å². The highest BCUT2D eigenvalue weighted by atomic mass is 16.6. The number of carbonyl (C=O) groups is 2. The Kier molecular flexibility index (Phi) is 6.02. The molecule has 0 aromatic heterocycles. The molecule has 19 heavy (non-hydrogen) atoms. The Morgan fingerprint density at radius 2 is 1.68 bits per heavy atom. The molecular weight excluding hydrogens is 240 g/mol. The minimum absolute atomic E-state index is 0.0552. The number of ketones is 1. The number of Topliss-reactive ketones (excluding diaryl/α,β-unsaturated/α-hetero) is 1. The summed E-state index contributed by atoms with van der Waals surface area (Å²) >= 11 is 0. The summed E-state index contributed by atoms with van der Waals surface area (Å²) in [5.74, 6) is 0.564. The number of rotatable bonds is 5. The molecule has 0 saturated heterocycles. The molecule has 0 heterocycles. The smallest absolute Gasteiger partial charge is 0.313 e. The summed E-state index contributed by atoms with van der Waals surface area (Å²) < 4.78 is 5.20. The first-order chi connectivity index (χ1) is 8.81. The lowest BCUT2D eigenvalue weighted by Crippen LogP contribution is -2.28. The molecule has 1 rings (SSSR count). The molecule has 0 unspecified atom stereocenters. The Bertz CT molecular complexity index is 306. The van der Waals surface area contributed by atoms with Gasteiger partial charge in [0.2, 0.25) is 0 Å². The van der Waals surface area contributed by atoms with Gasteiger partial charge in [0.15, 0.2) is 0 Å². The maximum Gasteiger partial charge on any atom is 0.313 e. The van der Waals surface area contributed by atoms with Gasteiger partial charge in [0, 0.05) is 5.92 Å². The molecule has 0 aliphatic heterocycles. The van der Waals surface area contributed by atoms with Crippen molar-refractivity contribution >= 4 is 11.8 Å². The zero-order chi connectivity index (χ0) is 14.5. The first-order valence-electron chi connectivity index (χ1n) is 7.56. The molecule has 0 aromatic carbocycles. The predicted molar refractivity (Wildman–Crippen MR) is 75.8 cm³/mol. The Morgan fingerprint density at radius 3 is 2.16 bits per heavy atom. The molecule has 3 nitrogen and oxygen atoms in total. The van der Waals surface area contributed by atoms with Gasteiger partial charge in [0.25, 0.3) is 0 Å². The second-order valence-electron chi connectivity index (χ2n) is 6.74. The summed E-state index contributed by atoms with van der Waals surface area (Å²) in [5.41, 5.74) is -0.504.